The highest BCUT2D eigenvalue weighted by atomic mass is 16.5. The minimum absolute atomic E-state index is 0.0275. The van der Waals surface area contributed by atoms with Crippen LogP contribution in [0.15, 0.2) is 24.3 Å². The third-order valence-corrected chi connectivity index (χ3v) is 4.69. The summed E-state index contributed by atoms with van der Waals surface area (Å²) in [4.78, 5) is 63.8. The van der Waals surface area contributed by atoms with Crippen molar-refractivity contribution < 1.29 is 28.7 Å². The highest BCUT2D eigenvalue weighted by Gasteiger charge is 2.34. The van der Waals surface area contributed by atoms with Crippen molar-refractivity contribution in [2.45, 2.75) is 25.9 Å². The van der Waals surface area contributed by atoms with Crippen LogP contribution in [-0.4, -0.2) is 72.3 Å². The number of nitrogens with one attached hydrogen (secondary N) is 1. The molecule has 2 heterocycles. The number of carbonyl (C=O) groups excluding carboxylic acids is 5. The number of hydrogen-bond acceptors (Lipinski definition) is 6. The Balaban J connectivity index is 1.52. The molecule has 0 aliphatic carbocycles. The molecular weight excluding hydrogens is 380 g/mol. The molecule has 1 N–H and O–H groups in total. The van der Waals surface area contributed by atoms with E-state index in [1.165, 1.54) is 23.8 Å². The van der Waals surface area contributed by atoms with Gasteiger partial charge in [-0.15, -0.1) is 0 Å². The Labute approximate surface area is 167 Å². The van der Waals surface area contributed by atoms with E-state index in [0.717, 1.165) is 4.90 Å². The number of ether oxygens (including phenoxy) is 1. The number of amides is 5. The minimum atomic E-state index is -1.08. The topological polar surface area (TPSA) is 116 Å². The van der Waals surface area contributed by atoms with E-state index in [4.69, 9.17) is 4.74 Å². The highest BCUT2D eigenvalue weighted by molar-refractivity contribution is 6.11. The monoisotopic (exact) mass is 402 g/mol. The van der Waals surface area contributed by atoms with E-state index in [1.807, 2.05) is 0 Å². The molecule has 10 nitrogen and oxygen atoms in total. The number of esters is 1. The Morgan fingerprint density at radius 3 is 2.59 bits per heavy atom. The first-order chi connectivity index (χ1) is 13.8. The van der Waals surface area contributed by atoms with Crippen molar-refractivity contribution in [3.8, 4) is 0 Å². The fourth-order valence-electron chi connectivity index (χ4n) is 3.23. The SMILES string of the molecule is C[C@@H](OC(=O)CCCN1C(=O)CN(C)C1=O)C(=O)N1CC(=O)Nc2ccccc21. The molecule has 2 aliphatic heterocycles. The van der Waals surface area contributed by atoms with Crippen LogP contribution in [0.2, 0.25) is 0 Å². The fraction of sp³-hybridized carbons (Fsp3) is 0.421. The van der Waals surface area contributed by atoms with Crippen LogP contribution in [0.1, 0.15) is 19.8 Å². The molecule has 1 fully saturated rings. The normalized spacial score (nSPS) is 17.2. The summed E-state index contributed by atoms with van der Waals surface area (Å²) >= 11 is 0. The molecule has 1 aromatic rings. The summed E-state index contributed by atoms with van der Waals surface area (Å²) in [6.07, 6.45) is -0.891. The van der Waals surface area contributed by atoms with Gasteiger partial charge < -0.3 is 15.0 Å². The lowest BCUT2D eigenvalue weighted by Crippen LogP contribution is -2.47. The van der Waals surface area contributed by atoms with Gasteiger partial charge in [-0.05, 0) is 25.5 Å². The van der Waals surface area contributed by atoms with Gasteiger partial charge in [0.2, 0.25) is 11.8 Å². The van der Waals surface area contributed by atoms with Gasteiger partial charge >= 0.3 is 12.0 Å². The molecule has 5 amide bonds. The average molecular weight is 402 g/mol. The van der Waals surface area contributed by atoms with Crippen molar-refractivity contribution in [1.82, 2.24) is 9.80 Å². The molecule has 1 aromatic carbocycles. The van der Waals surface area contributed by atoms with Crippen molar-refractivity contribution >= 4 is 41.1 Å². The summed E-state index contributed by atoms with van der Waals surface area (Å²) in [5.41, 5.74) is 1.05. The molecule has 0 aromatic heterocycles. The van der Waals surface area contributed by atoms with Crippen LogP contribution in [0.3, 0.4) is 0 Å². The van der Waals surface area contributed by atoms with Crippen LogP contribution in [0.5, 0.6) is 0 Å². The van der Waals surface area contributed by atoms with Crippen LogP contribution in [-0.2, 0) is 23.9 Å². The van der Waals surface area contributed by atoms with Crippen molar-refractivity contribution in [2.24, 2.45) is 0 Å². The van der Waals surface area contributed by atoms with Gasteiger partial charge in [0, 0.05) is 20.0 Å². The molecule has 2 aliphatic rings. The van der Waals surface area contributed by atoms with E-state index in [-0.39, 0.29) is 44.3 Å². The molecule has 29 heavy (non-hydrogen) atoms. The van der Waals surface area contributed by atoms with Crippen LogP contribution >= 0.6 is 0 Å². The molecule has 0 saturated carbocycles. The second-order valence-electron chi connectivity index (χ2n) is 6.91. The van der Waals surface area contributed by atoms with Crippen molar-refractivity contribution in [2.75, 3.05) is 36.9 Å². The largest absolute Gasteiger partial charge is 0.453 e. The van der Waals surface area contributed by atoms with E-state index in [0.29, 0.717) is 11.4 Å². The first kappa shape index (κ1) is 20.3. The van der Waals surface area contributed by atoms with Gasteiger partial charge in [-0.2, -0.15) is 0 Å². The van der Waals surface area contributed by atoms with Gasteiger partial charge in [-0.1, -0.05) is 12.1 Å². The number of hydrogen-bond donors (Lipinski definition) is 1. The number of likely N-dealkylation sites (N-methyl/N-ethyl adjacent to an activating group) is 1. The Morgan fingerprint density at radius 2 is 1.90 bits per heavy atom. The van der Waals surface area contributed by atoms with Gasteiger partial charge in [0.15, 0.2) is 6.10 Å². The molecule has 10 heteroatoms. The van der Waals surface area contributed by atoms with E-state index >= 15 is 0 Å². The van der Waals surface area contributed by atoms with E-state index in [2.05, 4.69) is 5.32 Å². The molecule has 3 rings (SSSR count). The smallest absolute Gasteiger partial charge is 0.326 e. The Hall–Kier alpha value is -3.43. The number of carbonyl (C=O) groups is 5. The number of rotatable bonds is 6. The molecule has 1 atom stereocenters. The maximum absolute atomic E-state index is 12.7. The third kappa shape index (κ3) is 4.36. The van der Waals surface area contributed by atoms with Crippen LogP contribution in [0.4, 0.5) is 16.2 Å². The number of anilines is 2. The van der Waals surface area contributed by atoms with Gasteiger partial charge in [0.05, 0.1) is 11.4 Å². The Bertz CT molecular complexity index is 870. The van der Waals surface area contributed by atoms with E-state index in [9.17, 15) is 24.0 Å². The summed E-state index contributed by atoms with van der Waals surface area (Å²) in [7, 11) is 1.53. The summed E-state index contributed by atoms with van der Waals surface area (Å²) in [6.45, 7) is 1.42. The molecule has 1 saturated heterocycles. The molecular formula is C19H22N4O6. The first-order valence-corrected chi connectivity index (χ1v) is 9.23. The first-order valence-electron chi connectivity index (χ1n) is 9.23. The highest BCUT2D eigenvalue weighted by Crippen LogP contribution is 2.29. The second-order valence-corrected chi connectivity index (χ2v) is 6.91. The van der Waals surface area contributed by atoms with E-state index < -0.39 is 24.0 Å². The lowest BCUT2D eigenvalue weighted by atomic mass is 10.1. The second kappa shape index (κ2) is 8.29. The maximum Gasteiger partial charge on any atom is 0.326 e. The van der Waals surface area contributed by atoms with Crippen LogP contribution in [0, 0.1) is 0 Å². The molecule has 0 radical (unpaired) electrons. The lowest BCUT2D eigenvalue weighted by molar-refractivity contribution is -0.154. The summed E-state index contributed by atoms with van der Waals surface area (Å²) in [5.74, 6) is -1.77. The zero-order chi connectivity index (χ0) is 21.1. The van der Waals surface area contributed by atoms with Crippen LogP contribution < -0.4 is 10.2 Å². The molecule has 0 spiro atoms. The third-order valence-electron chi connectivity index (χ3n) is 4.69. The summed E-state index contributed by atoms with van der Waals surface area (Å²) < 4.78 is 5.19. The average Bonchev–Trinajstić information content (AvgIpc) is 2.92. The fourth-order valence-corrected chi connectivity index (χ4v) is 3.23. The number of urea groups is 1. The minimum Gasteiger partial charge on any atom is -0.453 e. The van der Waals surface area contributed by atoms with Crippen molar-refractivity contribution in [3.63, 3.8) is 0 Å². The number of nitrogens with zero attached hydrogens (tertiary/aromatic N) is 3. The van der Waals surface area contributed by atoms with Crippen molar-refractivity contribution in [1.29, 1.82) is 0 Å². The summed E-state index contributed by atoms with van der Waals surface area (Å²) in [6, 6.07) is 6.47. The number of benzene rings is 1. The number of para-hydroxylation sites is 2. The zero-order valence-corrected chi connectivity index (χ0v) is 16.2. The predicted octanol–water partition coefficient (Wildman–Crippen LogP) is 0.578. The van der Waals surface area contributed by atoms with Gasteiger partial charge in [-0.3, -0.25) is 29.0 Å². The van der Waals surface area contributed by atoms with Gasteiger partial charge in [0.25, 0.3) is 5.91 Å². The summed E-state index contributed by atoms with van der Waals surface area (Å²) in [5, 5.41) is 2.69. The van der Waals surface area contributed by atoms with Gasteiger partial charge in [0.1, 0.15) is 13.1 Å². The maximum atomic E-state index is 12.7. The molecule has 0 bridgehead atoms. The number of fused-ring (bicyclic) bond motifs is 1. The lowest BCUT2D eigenvalue weighted by Gasteiger charge is -2.30. The zero-order valence-electron chi connectivity index (χ0n) is 16.2. The quantitative estimate of drug-likeness (QED) is 0.550. The number of imide groups is 1. The van der Waals surface area contributed by atoms with E-state index in [1.54, 1.807) is 24.3 Å². The molecule has 154 valence electrons. The Morgan fingerprint density at radius 1 is 1.17 bits per heavy atom. The standard InChI is InChI=1S/C19H22N4O6/c1-12(18(27)23-10-15(24)20-13-6-3-4-7-14(13)23)29-17(26)8-5-9-22-16(25)11-21(2)19(22)28/h3-4,6-7,12H,5,8-11H2,1-2H3,(H,20,24)/t12-/m1/s1. The predicted molar refractivity (Wildman–Crippen MR) is 102 cm³/mol. The molecule has 0 unspecified atom stereocenters. The van der Waals surface area contributed by atoms with Gasteiger partial charge in [-0.25, -0.2) is 4.79 Å². The van der Waals surface area contributed by atoms with Crippen LogP contribution in [0.25, 0.3) is 0 Å². The Kier molecular flexibility index (Phi) is 5.81. The van der Waals surface area contributed by atoms with Crippen molar-refractivity contribution in [3.05, 3.63) is 24.3 Å².